The van der Waals surface area contributed by atoms with Gasteiger partial charge in [0.1, 0.15) is 0 Å². The smallest absolute Gasteiger partial charge is 0.220 e. The molecule has 0 aromatic carbocycles. The van der Waals surface area contributed by atoms with Gasteiger partial charge in [0.2, 0.25) is 11.8 Å². The van der Waals surface area contributed by atoms with Crippen LogP contribution in [0.1, 0.15) is 219 Å². The minimum Gasteiger partial charge on any atom is -0.355 e. The Balaban J connectivity index is 3.24. The highest BCUT2D eigenvalue weighted by atomic mass is 33.1. The summed E-state index contributed by atoms with van der Waals surface area (Å²) in [6.07, 6.45) is 41.9. The van der Waals surface area contributed by atoms with Crippen LogP contribution in [0.5, 0.6) is 0 Å². The summed E-state index contributed by atoms with van der Waals surface area (Å²) in [5.74, 6) is 2.24. The van der Waals surface area contributed by atoms with Crippen LogP contribution in [0.25, 0.3) is 0 Å². The molecule has 0 aromatic heterocycles. The molecule has 0 atom stereocenters. The molecule has 0 aromatic rings. The third-order valence-electron chi connectivity index (χ3n) is 9.11. The largest absolute Gasteiger partial charge is 0.355 e. The molecule has 0 spiro atoms. The first kappa shape index (κ1) is 45.6. The van der Waals surface area contributed by atoms with Gasteiger partial charge in [-0.3, -0.25) is 9.59 Å². The predicted octanol–water partition coefficient (Wildman–Crippen LogP) is 13.1. The summed E-state index contributed by atoms with van der Waals surface area (Å²) < 4.78 is 0. The normalized spacial score (nSPS) is 11.3. The second kappa shape index (κ2) is 40.8. The lowest BCUT2D eigenvalue weighted by atomic mass is 10.0. The van der Waals surface area contributed by atoms with Gasteiger partial charge in [0, 0.05) is 37.4 Å². The molecule has 0 fully saturated rings. The molecule has 0 aliphatic heterocycles. The van der Waals surface area contributed by atoms with E-state index < -0.39 is 0 Å². The monoisotopic (exact) mass is 685 g/mol. The van der Waals surface area contributed by atoms with Gasteiger partial charge in [-0.2, -0.15) is 0 Å². The van der Waals surface area contributed by atoms with E-state index in [-0.39, 0.29) is 11.8 Å². The molecule has 2 amide bonds. The van der Waals surface area contributed by atoms with Gasteiger partial charge in [0.15, 0.2) is 0 Å². The molecule has 0 radical (unpaired) electrons. The van der Waals surface area contributed by atoms with Gasteiger partial charge in [-0.1, -0.05) is 215 Å². The zero-order valence-corrected chi connectivity index (χ0v) is 32.7. The SMILES string of the molecule is CCCCCCCCCCCCCCCCCC(=O)NCCSSCCNC(=O)CCCCCCCCCCCCCCCCC. The summed E-state index contributed by atoms with van der Waals surface area (Å²) in [6, 6.07) is 0. The van der Waals surface area contributed by atoms with Crippen molar-refractivity contribution in [2.45, 2.75) is 219 Å². The molecule has 46 heavy (non-hydrogen) atoms. The van der Waals surface area contributed by atoms with Crippen LogP contribution in [0.4, 0.5) is 0 Å². The first-order valence-corrected chi connectivity index (χ1v) is 23.0. The van der Waals surface area contributed by atoms with Crippen molar-refractivity contribution in [3.63, 3.8) is 0 Å². The second-order valence-electron chi connectivity index (χ2n) is 13.7. The van der Waals surface area contributed by atoms with Gasteiger partial charge in [0.25, 0.3) is 0 Å². The maximum Gasteiger partial charge on any atom is 0.220 e. The number of amides is 2. The van der Waals surface area contributed by atoms with E-state index in [9.17, 15) is 9.59 Å². The molecule has 0 aliphatic rings. The molecule has 0 unspecified atom stereocenters. The van der Waals surface area contributed by atoms with E-state index in [0.29, 0.717) is 12.8 Å². The van der Waals surface area contributed by atoms with Crippen molar-refractivity contribution < 1.29 is 9.59 Å². The summed E-state index contributed by atoms with van der Waals surface area (Å²) in [7, 11) is 3.57. The van der Waals surface area contributed by atoms with Crippen molar-refractivity contribution in [3.05, 3.63) is 0 Å². The van der Waals surface area contributed by atoms with Crippen molar-refractivity contribution in [1.29, 1.82) is 0 Å². The standard InChI is InChI=1S/C40H80N2O2S2/c1-3-5-7-9-11-13-15-17-19-21-23-25-27-29-31-33-39(43)41-35-37-45-46-38-36-42-40(44)34-32-30-28-26-24-22-20-18-16-14-12-10-8-6-4-2/h3-38H2,1-2H3,(H,41,43)(H,42,44). The highest BCUT2D eigenvalue weighted by Gasteiger charge is 2.03. The van der Waals surface area contributed by atoms with Crippen LogP contribution < -0.4 is 10.6 Å². The number of unbranched alkanes of at least 4 members (excludes halogenated alkanes) is 28. The zero-order chi connectivity index (χ0) is 33.4. The van der Waals surface area contributed by atoms with Crippen molar-refractivity contribution >= 4 is 33.4 Å². The molecule has 0 saturated carbocycles. The van der Waals surface area contributed by atoms with E-state index in [1.165, 1.54) is 180 Å². The van der Waals surface area contributed by atoms with Crippen molar-refractivity contribution in [2.24, 2.45) is 0 Å². The van der Waals surface area contributed by atoms with Gasteiger partial charge >= 0.3 is 0 Å². The van der Waals surface area contributed by atoms with Crippen molar-refractivity contribution in [2.75, 3.05) is 24.6 Å². The number of hydrogen-bond acceptors (Lipinski definition) is 4. The molecule has 0 saturated heterocycles. The Labute approximate surface area is 296 Å². The molecule has 0 bridgehead atoms. The lowest BCUT2D eigenvalue weighted by Gasteiger charge is -2.07. The number of carbonyl (C=O) groups excluding carboxylic acids is 2. The first-order valence-electron chi connectivity index (χ1n) is 20.5. The Bertz CT molecular complexity index is 568. The average Bonchev–Trinajstić information content (AvgIpc) is 3.05. The Hall–Kier alpha value is -0.360. The van der Waals surface area contributed by atoms with Gasteiger partial charge in [-0.15, -0.1) is 0 Å². The average molecular weight is 685 g/mol. The molecule has 4 nitrogen and oxygen atoms in total. The van der Waals surface area contributed by atoms with E-state index in [1.807, 2.05) is 0 Å². The summed E-state index contributed by atoms with van der Waals surface area (Å²) in [6.45, 7) is 6.04. The van der Waals surface area contributed by atoms with Crippen LogP contribution in [0.15, 0.2) is 0 Å². The van der Waals surface area contributed by atoms with E-state index in [0.717, 1.165) is 37.4 Å². The molecule has 274 valence electrons. The van der Waals surface area contributed by atoms with E-state index in [1.54, 1.807) is 21.6 Å². The van der Waals surface area contributed by atoms with Gasteiger partial charge in [-0.05, 0) is 12.8 Å². The highest BCUT2D eigenvalue weighted by molar-refractivity contribution is 8.76. The van der Waals surface area contributed by atoms with Crippen LogP contribution in [0.2, 0.25) is 0 Å². The van der Waals surface area contributed by atoms with Crippen LogP contribution >= 0.6 is 21.6 Å². The summed E-state index contributed by atoms with van der Waals surface area (Å²) >= 11 is 0. The molecule has 0 aliphatic carbocycles. The number of hydrogen-bond donors (Lipinski definition) is 2. The minimum absolute atomic E-state index is 0.200. The Morgan fingerprint density at radius 1 is 0.348 bits per heavy atom. The van der Waals surface area contributed by atoms with Gasteiger partial charge < -0.3 is 10.6 Å². The quantitative estimate of drug-likeness (QED) is 0.0500. The van der Waals surface area contributed by atoms with Crippen molar-refractivity contribution in [3.8, 4) is 0 Å². The lowest BCUT2D eigenvalue weighted by Crippen LogP contribution is -2.26. The Morgan fingerprint density at radius 2 is 0.565 bits per heavy atom. The number of carbonyl (C=O) groups is 2. The third kappa shape index (κ3) is 39.8. The molecule has 0 rings (SSSR count). The first-order chi connectivity index (χ1) is 22.7. The lowest BCUT2D eigenvalue weighted by molar-refractivity contribution is -0.121. The zero-order valence-electron chi connectivity index (χ0n) is 31.1. The number of rotatable bonds is 39. The maximum atomic E-state index is 12.1. The number of nitrogens with one attached hydrogen (secondary N) is 2. The van der Waals surface area contributed by atoms with E-state index in [2.05, 4.69) is 24.5 Å². The Kier molecular flexibility index (Phi) is 40.5. The highest BCUT2D eigenvalue weighted by Crippen LogP contribution is 2.19. The third-order valence-corrected chi connectivity index (χ3v) is 11.5. The summed E-state index contributed by atoms with van der Waals surface area (Å²) in [5, 5.41) is 6.12. The fourth-order valence-electron chi connectivity index (χ4n) is 6.07. The van der Waals surface area contributed by atoms with Gasteiger partial charge in [-0.25, -0.2) is 0 Å². The summed E-state index contributed by atoms with van der Waals surface area (Å²) in [5.41, 5.74) is 0. The van der Waals surface area contributed by atoms with Crippen LogP contribution in [-0.2, 0) is 9.59 Å². The Morgan fingerprint density at radius 3 is 0.804 bits per heavy atom. The topological polar surface area (TPSA) is 58.2 Å². The van der Waals surface area contributed by atoms with Crippen LogP contribution in [0, 0.1) is 0 Å². The van der Waals surface area contributed by atoms with Crippen molar-refractivity contribution in [1.82, 2.24) is 10.6 Å². The predicted molar refractivity (Wildman–Crippen MR) is 210 cm³/mol. The maximum absolute atomic E-state index is 12.1. The molecular weight excluding hydrogens is 605 g/mol. The molecular formula is C40H80N2O2S2. The molecule has 6 heteroatoms. The van der Waals surface area contributed by atoms with Crippen LogP contribution in [-0.4, -0.2) is 36.4 Å². The second-order valence-corrected chi connectivity index (χ2v) is 16.4. The van der Waals surface area contributed by atoms with Crippen LogP contribution in [0.3, 0.4) is 0 Å². The summed E-state index contributed by atoms with van der Waals surface area (Å²) in [4.78, 5) is 24.1. The van der Waals surface area contributed by atoms with E-state index >= 15 is 0 Å². The fraction of sp³-hybridized carbons (Fsp3) is 0.950. The fourth-order valence-corrected chi connectivity index (χ4v) is 7.89. The molecule has 2 N–H and O–H groups in total. The van der Waals surface area contributed by atoms with E-state index in [4.69, 9.17) is 0 Å². The molecule has 0 heterocycles. The minimum atomic E-state index is 0.200. The van der Waals surface area contributed by atoms with Gasteiger partial charge in [0.05, 0.1) is 0 Å².